The molecule has 0 aliphatic carbocycles. The molecule has 0 saturated heterocycles. The summed E-state index contributed by atoms with van der Waals surface area (Å²) in [6, 6.07) is 13.2. The van der Waals surface area contributed by atoms with E-state index in [0.29, 0.717) is 27.3 Å². The van der Waals surface area contributed by atoms with E-state index in [4.69, 9.17) is 27.7 Å². The molecule has 2 aromatic carbocycles. The second-order valence-corrected chi connectivity index (χ2v) is 5.44. The number of halogens is 2. The third-order valence-electron chi connectivity index (χ3n) is 3.21. The first kappa shape index (κ1) is 14.1. The van der Waals surface area contributed by atoms with Gasteiger partial charge in [-0.05, 0) is 42.3 Å². The lowest BCUT2D eigenvalue weighted by molar-refractivity contribution is 0.432. The van der Waals surface area contributed by atoms with Crippen molar-refractivity contribution in [3.05, 3.63) is 58.1 Å². The highest BCUT2D eigenvalue weighted by Gasteiger charge is 2.13. The van der Waals surface area contributed by atoms with E-state index in [0.717, 1.165) is 12.0 Å². The molecule has 0 N–H and O–H groups in total. The summed E-state index contributed by atoms with van der Waals surface area (Å²) >= 11 is 12.0. The van der Waals surface area contributed by atoms with Gasteiger partial charge in [-0.3, -0.25) is 0 Å². The first-order valence-electron chi connectivity index (χ1n) is 6.56. The van der Waals surface area contributed by atoms with E-state index >= 15 is 0 Å². The molecule has 5 heteroatoms. The molecule has 3 rings (SSSR count). The molecular formula is C16H12Cl2N2O. The minimum atomic E-state index is 0.450. The lowest BCUT2D eigenvalue weighted by Crippen LogP contribution is -1.84. The van der Waals surface area contributed by atoms with Crippen LogP contribution in [0.1, 0.15) is 12.5 Å². The van der Waals surface area contributed by atoms with Crippen LogP contribution in [0.2, 0.25) is 10.0 Å². The second kappa shape index (κ2) is 5.88. The number of hydrogen-bond donors (Lipinski definition) is 0. The molecular weight excluding hydrogens is 307 g/mol. The monoisotopic (exact) mass is 318 g/mol. The molecule has 0 unspecified atom stereocenters. The van der Waals surface area contributed by atoms with Gasteiger partial charge in [0.15, 0.2) is 0 Å². The number of aromatic nitrogens is 2. The van der Waals surface area contributed by atoms with Gasteiger partial charge in [-0.1, -0.05) is 47.4 Å². The third-order valence-corrected chi connectivity index (χ3v) is 3.76. The van der Waals surface area contributed by atoms with Gasteiger partial charge < -0.3 is 4.52 Å². The maximum Gasteiger partial charge on any atom is 0.258 e. The van der Waals surface area contributed by atoms with Crippen molar-refractivity contribution in [2.24, 2.45) is 0 Å². The van der Waals surface area contributed by atoms with E-state index in [1.54, 1.807) is 18.2 Å². The SMILES string of the molecule is CCc1ccc(-c2nc(-c3ccc(Cl)cc3Cl)no2)cc1. The topological polar surface area (TPSA) is 38.9 Å². The van der Waals surface area contributed by atoms with Gasteiger partial charge in [-0.2, -0.15) is 4.98 Å². The fourth-order valence-electron chi connectivity index (χ4n) is 2.00. The van der Waals surface area contributed by atoms with E-state index in [1.807, 2.05) is 12.1 Å². The number of rotatable bonds is 3. The first-order chi connectivity index (χ1) is 10.2. The van der Waals surface area contributed by atoms with Crippen molar-refractivity contribution in [1.82, 2.24) is 10.1 Å². The fraction of sp³-hybridized carbons (Fsp3) is 0.125. The zero-order valence-electron chi connectivity index (χ0n) is 11.3. The molecule has 0 saturated carbocycles. The van der Waals surface area contributed by atoms with Crippen LogP contribution in [-0.4, -0.2) is 10.1 Å². The number of nitrogens with zero attached hydrogens (tertiary/aromatic N) is 2. The Balaban J connectivity index is 1.95. The lowest BCUT2D eigenvalue weighted by atomic mass is 10.1. The maximum atomic E-state index is 6.15. The minimum Gasteiger partial charge on any atom is -0.334 e. The van der Waals surface area contributed by atoms with Crippen LogP contribution in [0.3, 0.4) is 0 Å². The van der Waals surface area contributed by atoms with Gasteiger partial charge in [0.2, 0.25) is 5.82 Å². The quantitative estimate of drug-likeness (QED) is 0.660. The van der Waals surface area contributed by atoms with Crippen molar-refractivity contribution >= 4 is 23.2 Å². The first-order valence-corrected chi connectivity index (χ1v) is 7.31. The van der Waals surface area contributed by atoms with Crippen LogP contribution in [0, 0.1) is 0 Å². The summed E-state index contributed by atoms with van der Waals surface area (Å²) in [4.78, 5) is 4.39. The summed E-state index contributed by atoms with van der Waals surface area (Å²) in [7, 11) is 0. The van der Waals surface area contributed by atoms with Crippen LogP contribution in [0.15, 0.2) is 47.0 Å². The van der Waals surface area contributed by atoms with Gasteiger partial charge in [-0.15, -0.1) is 0 Å². The van der Waals surface area contributed by atoms with Crippen molar-refractivity contribution in [1.29, 1.82) is 0 Å². The molecule has 0 amide bonds. The Morgan fingerprint density at radius 1 is 1.05 bits per heavy atom. The Labute approximate surface area is 132 Å². The van der Waals surface area contributed by atoms with Crippen LogP contribution in [0.25, 0.3) is 22.8 Å². The Morgan fingerprint density at radius 3 is 2.48 bits per heavy atom. The summed E-state index contributed by atoms with van der Waals surface area (Å²) in [5.74, 6) is 0.921. The number of benzene rings is 2. The number of hydrogen-bond acceptors (Lipinski definition) is 3. The van der Waals surface area contributed by atoms with Gasteiger partial charge in [0.1, 0.15) is 0 Å². The van der Waals surface area contributed by atoms with E-state index in [1.165, 1.54) is 5.56 Å². The smallest absolute Gasteiger partial charge is 0.258 e. The van der Waals surface area contributed by atoms with Gasteiger partial charge in [0.05, 0.1) is 5.02 Å². The molecule has 0 bridgehead atoms. The average molecular weight is 319 g/mol. The molecule has 1 heterocycles. The average Bonchev–Trinajstić information content (AvgIpc) is 2.97. The summed E-state index contributed by atoms with van der Waals surface area (Å²) < 4.78 is 5.31. The van der Waals surface area contributed by atoms with Crippen LogP contribution in [0.4, 0.5) is 0 Å². The van der Waals surface area contributed by atoms with Gasteiger partial charge in [0, 0.05) is 16.1 Å². The van der Waals surface area contributed by atoms with Crippen molar-refractivity contribution in [2.75, 3.05) is 0 Å². The third kappa shape index (κ3) is 2.94. The highest BCUT2D eigenvalue weighted by Crippen LogP contribution is 2.30. The summed E-state index contributed by atoms with van der Waals surface area (Å²) in [5, 5.41) is 5.05. The van der Waals surface area contributed by atoms with Crippen LogP contribution in [0.5, 0.6) is 0 Å². The van der Waals surface area contributed by atoms with E-state index in [2.05, 4.69) is 29.2 Å². The highest BCUT2D eigenvalue weighted by molar-refractivity contribution is 6.36. The maximum absolute atomic E-state index is 6.15. The van der Waals surface area contributed by atoms with Crippen LogP contribution < -0.4 is 0 Å². The zero-order chi connectivity index (χ0) is 14.8. The van der Waals surface area contributed by atoms with Gasteiger partial charge >= 0.3 is 0 Å². The summed E-state index contributed by atoms with van der Waals surface area (Å²) in [6.45, 7) is 2.11. The molecule has 3 nitrogen and oxygen atoms in total. The van der Waals surface area contributed by atoms with E-state index in [9.17, 15) is 0 Å². The minimum absolute atomic E-state index is 0.450. The lowest BCUT2D eigenvalue weighted by Gasteiger charge is -1.99. The molecule has 0 fully saturated rings. The summed E-state index contributed by atoms with van der Waals surface area (Å²) in [6.07, 6.45) is 0.996. The van der Waals surface area contributed by atoms with Crippen molar-refractivity contribution < 1.29 is 4.52 Å². The zero-order valence-corrected chi connectivity index (χ0v) is 12.8. The highest BCUT2D eigenvalue weighted by atomic mass is 35.5. The molecule has 106 valence electrons. The molecule has 21 heavy (non-hydrogen) atoms. The Bertz CT molecular complexity index is 766. The Morgan fingerprint density at radius 2 is 1.81 bits per heavy atom. The molecule has 0 spiro atoms. The Hall–Kier alpha value is -1.84. The van der Waals surface area contributed by atoms with Gasteiger partial charge in [-0.25, -0.2) is 0 Å². The fourth-order valence-corrected chi connectivity index (χ4v) is 2.50. The van der Waals surface area contributed by atoms with Crippen molar-refractivity contribution in [3.8, 4) is 22.8 Å². The van der Waals surface area contributed by atoms with Crippen molar-refractivity contribution in [3.63, 3.8) is 0 Å². The van der Waals surface area contributed by atoms with Gasteiger partial charge in [0.25, 0.3) is 5.89 Å². The van der Waals surface area contributed by atoms with Crippen LogP contribution >= 0.6 is 23.2 Å². The molecule has 1 aromatic heterocycles. The van der Waals surface area contributed by atoms with Crippen LogP contribution in [-0.2, 0) is 6.42 Å². The normalized spacial score (nSPS) is 10.8. The van der Waals surface area contributed by atoms with Crippen molar-refractivity contribution in [2.45, 2.75) is 13.3 Å². The standard InChI is InChI=1S/C16H12Cl2N2O/c1-2-10-3-5-11(6-4-10)16-19-15(20-21-16)13-8-7-12(17)9-14(13)18/h3-9H,2H2,1H3. The van der Waals surface area contributed by atoms with E-state index < -0.39 is 0 Å². The number of aryl methyl sites for hydroxylation is 1. The van der Waals surface area contributed by atoms with E-state index in [-0.39, 0.29) is 0 Å². The molecule has 0 radical (unpaired) electrons. The molecule has 3 aromatic rings. The molecule has 0 aliphatic heterocycles. The molecule has 0 atom stereocenters. The Kier molecular flexibility index (Phi) is 3.95. The second-order valence-electron chi connectivity index (χ2n) is 4.60. The molecule has 0 aliphatic rings. The largest absolute Gasteiger partial charge is 0.334 e. The predicted octanol–water partition coefficient (Wildman–Crippen LogP) is 5.27. The summed E-state index contributed by atoms with van der Waals surface area (Å²) in [5.41, 5.74) is 2.84. The predicted molar refractivity (Wildman–Crippen MR) is 84.6 cm³/mol.